The number of esters is 1. The average Bonchev–Trinajstić information content (AvgIpc) is 3.39. The highest BCUT2D eigenvalue weighted by Gasteiger charge is 2.71. The van der Waals surface area contributed by atoms with E-state index >= 15 is 0 Å². The summed E-state index contributed by atoms with van der Waals surface area (Å²) in [7, 11) is 1.38. The molecule has 0 amide bonds. The molecule has 3 unspecified atom stereocenters. The van der Waals surface area contributed by atoms with Gasteiger partial charge in [-0.2, -0.15) is 0 Å². The van der Waals surface area contributed by atoms with Crippen LogP contribution in [0, 0.1) is 34.5 Å². The van der Waals surface area contributed by atoms with Gasteiger partial charge in [0, 0.05) is 24.7 Å². The van der Waals surface area contributed by atoms with Crippen LogP contribution < -0.4 is 0 Å². The van der Waals surface area contributed by atoms with Crippen LogP contribution in [-0.2, 0) is 38.0 Å². The van der Waals surface area contributed by atoms with Gasteiger partial charge in [0.2, 0.25) is 0 Å². The number of ether oxygens (including phenoxy) is 7. The first-order chi connectivity index (χ1) is 25.0. The van der Waals surface area contributed by atoms with E-state index in [0.29, 0.717) is 25.2 Å². The van der Waals surface area contributed by atoms with Crippen molar-refractivity contribution in [2.24, 2.45) is 34.5 Å². The molecule has 21 atom stereocenters. The fourth-order valence-corrected chi connectivity index (χ4v) is 12.1. The Balaban J connectivity index is 0.909. The third kappa shape index (κ3) is 6.92. The Morgan fingerprint density at radius 2 is 1.23 bits per heavy atom. The smallest absolute Gasteiger partial charge is 0.309 e. The maximum Gasteiger partial charge on any atom is 0.309 e. The second-order valence-corrected chi connectivity index (χ2v) is 18.0. The van der Waals surface area contributed by atoms with E-state index in [0.717, 1.165) is 32.1 Å². The van der Waals surface area contributed by atoms with Crippen molar-refractivity contribution in [1.82, 2.24) is 0 Å². The Kier molecular flexibility index (Phi) is 11.4. The second kappa shape index (κ2) is 15.1. The van der Waals surface area contributed by atoms with E-state index in [1.165, 1.54) is 7.11 Å². The third-order valence-corrected chi connectivity index (χ3v) is 15.3. The normalized spacial score (nSPS) is 55.8. The average molecular weight is 757 g/mol. The minimum Gasteiger partial charge on any atom is -0.469 e. The minimum atomic E-state index is -1.12. The van der Waals surface area contributed by atoms with Gasteiger partial charge in [-0.1, -0.05) is 13.8 Å². The van der Waals surface area contributed by atoms with Crippen molar-refractivity contribution in [2.75, 3.05) is 7.11 Å². The lowest BCUT2D eigenvalue weighted by atomic mass is 9.42. The molecule has 304 valence electrons. The SMILES string of the molecule is COC(=O)[C@H]1CC[C@]2(O)[C@@H]3CC[C@@H]4C[C@@H](OC5C[C@H](O)[C@H](OC6C[C@H](O)[C@H](OC7C[C@H](O)[C@H](O)[C@@H](C)O7)[C@@H](C)O6)[C@@H](C)O5)CC[C@]4(C)[C@H]3C[C@@H](O)[C@]12C. The molecule has 14 nitrogen and oxygen atoms in total. The van der Waals surface area contributed by atoms with E-state index in [4.69, 9.17) is 33.2 Å². The predicted octanol–water partition coefficient (Wildman–Crippen LogP) is 1.91. The van der Waals surface area contributed by atoms with E-state index in [-0.39, 0.29) is 48.6 Å². The number of hydrogen-bond donors (Lipinski definition) is 6. The quantitative estimate of drug-likeness (QED) is 0.162. The second-order valence-electron chi connectivity index (χ2n) is 18.0. The molecule has 6 N–H and O–H groups in total. The van der Waals surface area contributed by atoms with Crippen LogP contribution in [0.2, 0.25) is 0 Å². The number of rotatable bonds is 7. The maximum atomic E-state index is 12.7. The number of carbonyl (C=O) groups is 1. The van der Waals surface area contributed by atoms with Crippen molar-refractivity contribution < 1.29 is 68.6 Å². The maximum absolute atomic E-state index is 12.7. The molecule has 0 aromatic carbocycles. The van der Waals surface area contributed by atoms with Crippen LogP contribution in [0.5, 0.6) is 0 Å². The fraction of sp³-hybridized carbons (Fsp3) is 0.974. The van der Waals surface area contributed by atoms with Crippen molar-refractivity contribution in [3.8, 4) is 0 Å². The monoisotopic (exact) mass is 756 g/mol. The van der Waals surface area contributed by atoms with E-state index in [1.807, 2.05) is 13.8 Å². The lowest BCUT2D eigenvalue weighted by Gasteiger charge is -2.64. The first-order valence-corrected chi connectivity index (χ1v) is 20.1. The van der Waals surface area contributed by atoms with Crippen LogP contribution >= 0.6 is 0 Å². The Hall–Kier alpha value is -1.01. The molecule has 0 aromatic heterocycles. The number of methoxy groups -OCH3 is 1. The molecule has 3 heterocycles. The van der Waals surface area contributed by atoms with Gasteiger partial charge in [0.1, 0.15) is 18.3 Å². The van der Waals surface area contributed by atoms with E-state index in [1.54, 1.807) is 13.8 Å². The van der Waals surface area contributed by atoms with Gasteiger partial charge in [0.15, 0.2) is 18.9 Å². The van der Waals surface area contributed by atoms with Gasteiger partial charge in [-0.25, -0.2) is 0 Å². The zero-order chi connectivity index (χ0) is 38.2. The van der Waals surface area contributed by atoms with Gasteiger partial charge in [0.25, 0.3) is 0 Å². The Morgan fingerprint density at radius 1 is 0.660 bits per heavy atom. The van der Waals surface area contributed by atoms with E-state index in [9.17, 15) is 35.4 Å². The van der Waals surface area contributed by atoms with Gasteiger partial charge < -0.3 is 63.8 Å². The Labute approximate surface area is 312 Å². The molecule has 4 saturated carbocycles. The molecule has 14 heteroatoms. The fourth-order valence-electron chi connectivity index (χ4n) is 12.1. The molecule has 0 radical (unpaired) electrons. The van der Waals surface area contributed by atoms with Gasteiger partial charge in [0.05, 0.1) is 67.5 Å². The number of fused-ring (bicyclic) bond motifs is 5. The van der Waals surface area contributed by atoms with Crippen molar-refractivity contribution in [1.29, 1.82) is 0 Å². The summed E-state index contributed by atoms with van der Waals surface area (Å²) in [6.07, 6.45) is -3.81. The van der Waals surface area contributed by atoms with Gasteiger partial charge in [-0.05, 0) is 95.3 Å². The summed E-state index contributed by atoms with van der Waals surface area (Å²) in [4.78, 5) is 12.7. The molecule has 3 aliphatic heterocycles. The highest BCUT2D eigenvalue weighted by Crippen LogP contribution is 2.69. The van der Waals surface area contributed by atoms with Crippen LogP contribution in [0.15, 0.2) is 0 Å². The third-order valence-electron chi connectivity index (χ3n) is 15.3. The van der Waals surface area contributed by atoms with Crippen LogP contribution in [0.3, 0.4) is 0 Å². The number of aliphatic hydroxyl groups excluding tert-OH is 5. The van der Waals surface area contributed by atoms with Crippen molar-refractivity contribution in [3.63, 3.8) is 0 Å². The van der Waals surface area contributed by atoms with Gasteiger partial charge in [-0.15, -0.1) is 0 Å². The molecule has 4 aliphatic carbocycles. The van der Waals surface area contributed by atoms with Crippen molar-refractivity contribution in [2.45, 2.75) is 197 Å². The van der Waals surface area contributed by atoms with E-state index in [2.05, 4.69) is 6.92 Å². The topological polar surface area (TPSA) is 203 Å². The molecular weight excluding hydrogens is 692 g/mol. The summed E-state index contributed by atoms with van der Waals surface area (Å²) in [5, 5.41) is 66.3. The molecule has 0 spiro atoms. The largest absolute Gasteiger partial charge is 0.469 e. The van der Waals surface area contributed by atoms with Crippen LogP contribution in [0.4, 0.5) is 0 Å². The highest BCUT2D eigenvalue weighted by atomic mass is 16.7. The number of hydrogen-bond acceptors (Lipinski definition) is 14. The molecule has 0 bridgehead atoms. The summed E-state index contributed by atoms with van der Waals surface area (Å²) in [6.45, 7) is 9.45. The van der Waals surface area contributed by atoms with Crippen molar-refractivity contribution in [3.05, 3.63) is 0 Å². The standard InChI is InChI=1S/C39H64O14/c1-18-33(44)26(40)15-31(48-18)52-35-20(3)50-32(17-28(35)42)53-34-19(2)49-30(16-27(34)41)51-22-9-11-37(4)21(13-22)7-8-23-25(37)14-29(43)38(5)24(36(45)47-6)10-12-39(23,38)46/h18-35,40-44,46H,7-17H2,1-6H3/t18-,19-,20-,21-,22+,23-,24-,25+,26+,27+,28+,29-,30?,31?,32?,33-,34-,35-,37+,38+,39+/m1/s1. The van der Waals surface area contributed by atoms with Crippen LogP contribution in [0.25, 0.3) is 0 Å². The first-order valence-electron chi connectivity index (χ1n) is 20.1. The highest BCUT2D eigenvalue weighted by molar-refractivity contribution is 5.74. The number of carbonyl (C=O) groups excluding carboxylic acids is 1. The van der Waals surface area contributed by atoms with Crippen molar-refractivity contribution >= 4 is 5.97 Å². The summed E-state index contributed by atoms with van der Waals surface area (Å²) < 4.78 is 41.8. The zero-order valence-electron chi connectivity index (χ0n) is 32.1. The van der Waals surface area contributed by atoms with Gasteiger partial charge in [-0.3, -0.25) is 4.79 Å². The summed E-state index contributed by atoms with van der Waals surface area (Å²) in [5.74, 6) is -0.376. The molecule has 7 fully saturated rings. The molecule has 0 aromatic rings. The zero-order valence-corrected chi connectivity index (χ0v) is 32.1. The first kappa shape index (κ1) is 40.2. The minimum absolute atomic E-state index is 0.00766. The molecule has 3 saturated heterocycles. The predicted molar refractivity (Wildman–Crippen MR) is 186 cm³/mol. The molecule has 7 aliphatic rings. The lowest BCUT2D eigenvalue weighted by Crippen LogP contribution is -2.67. The number of aliphatic hydroxyl groups is 6. The lowest BCUT2D eigenvalue weighted by molar-refractivity contribution is -0.336. The van der Waals surface area contributed by atoms with Crippen LogP contribution in [0.1, 0.15) is 105 Å². The molecule has 7 rings (SSSR count). The summed E-state index contributed by atoms with van der Waals surface area (Å²) >= 11 is 0. The molecule has 53 heavy (non-hydrogen) atoms. The van der Waals surface area contributed by atoms with Crippen LogP contribution in [-0.4, -0.2) is 135 Å². The van der Waals surface area contributed by atoms with E-state index < -0.39 is 96.8 Å². The van der Waals surface area contributed by atoms with Gasteiger partial charge >= 0.3 is 5.97 Å². The molecular formula is C39H64O14. The summed E-state index contributed by atoms with van der Waals surface area (Å²) in [6, 6.07) is 0. The summed E-state index contributed by atoms with van der Waals surface area (Å²) in [5.41, 5.74) is -2.13. The Morgan fingerprint density at radius 3 is 1.79 bits per heavy atom. The Bertz CT molecular complexity index is 1270.